The summed E-state index contributed by atoms with van der Waals surface area (Å²) in [7, 11) is 0. The molecular weight excluding hydrogens is 432 g/mol. The average Bonchev–Trinajstić information content (AvgIpc) is 2.85. The van der Waals surface area contributed by atoms with E-state index in [-0.39, 0.29) is 24.3 Å². The number of hydrogen-bond acceptors (Lipinski definition) is 6. The van der Waals surface area contributed by atoms with Crippen LogP contribution in [-0.2, 0) is 0 Å². The molecule has 0 atom stereocenters. The maximum atomic E-state index is 11.9. The molecule has 34 heavy (non-hydrogen) atoms. The van der Waals surface area contributed by atoms with Crippen LogP contribution in [0.1, 0.15) is 34.6 Å². The summed E-state index contributed by atoms with van der Waals surface area (Å²) in [6.07, 6.45) is 6.64. The molecule has 0 saturated carbocycles. The monoisotopic (exact) mass is 466 g/mol. The maximum absolute atomic E-state index is 11.9. The van der Waals surface area contributed by atoms with Crippen molar-refractivity contribution in [3.05, 3.63) is 98.1 Å². The van der Waals surface area contributed by atoms with Gasteiger partial charge in [-0.1, -0.05) is 49.6 Å². The third-order valence-electron chi connectivity index (χ3n) is 3.76. The molecule has 2 amide bonds. The highest BCUT2D eigenvalue weighted by molar-refractivity contribution is 5.98. The van der Waals surface area contributed by atoms with Crippen molar-refractivity contribution in [3.63, 3.8) is 0 Å². The van der Waals surface area contributed by atoms with E-state index in [0.29, 0.717) is 11.5 Å². The van der Waals surface area contributed by atoms with Crippen molar-refractivity contribution in [1.82, 2.24) is 10.9 Å². The molecule has 8 heteroatoms. The van der Waals surface area contributed by atoms with Crippen LogP contribution >= 0.6 is 0 Å². The van der Waals surface area contributed by atoms with Gasteiger partial charge in [0.2, 0.25) is 0 Å². The summed E-state index contributed by atoms with van der Waals surface area (Å²) in [5.74, 6) is 10.2. The van der Waals surface area contributed by atoms with Gasteiger partial charge in [-0.3, -0.25) is 20.4 Å². The van der Waals surface area contributed by atoms with E-state index < -0.39 is 11.8 Å². The SMILES string of the molecule is C=CC.C=CC.C=CCOc1cc(-c2ccc(C(=O)NN)c(OCC=C)c2)ccc1C(=O)NN. The zero-order valence-electron chi connectivity index (χ0n) is 19.8. The lowest BCUT2D eigenvalue weighted by molar-refractivity contribution is 0.0942. The molecule has 0 aliphatic rings. The van der Waals surface area contributed by atoms with Crippen LogP contribution in [0.5, 0.6) is 11.5 Å². The highest BCUT2D eigenvalue weighted by atomic mass is 16.5. The number of nitrogens with one attached hydrogen (secondary N) is 2. The van der Waals surface area contributed by atoms with E-state index >= 15 is 0 Å². The largest absolute Gasteiger partial charge is 0.489 e. The molecule has 0 heterocycles. The lowest BCUT2D eigenvalue weighted by Crippen LogP contribution is -2.30. The molecule has 2 aromatic carbocycles. The molecule has 0 aliphatic carbocycles. The van der Waals surface area contributed by atoms with Crippen LogP contribution in [0.4, 0.5) is 0 Å². The number of amides is 2. The summed E-state index contributed by atoms with van der Waals surface area (Å²) in [5, 5.41) is 0. The molecule has 0 aromatic heterocycles. The van der Waals surface area contributed by atoms with Gasteiger partial charge in [0.15, 0.2) is 0 Å². The van der Waals surface area contributed by atoms with Crippen LogP contribution in [0.2, 0.25) is 0 Å². The summed E-state index contributed by atoms with van der Waals surface area (Å²) >= 11 is 0. The van der Waals surface area contributed by atoms with Crippen molar-refractivity contribution in [1.29, 1.82) is 0 Å². The molecule has 0 fully saturated rings. The average molecular weight is 467 g/mol. The molecule has 0 aliphatic heterocycles. The van der Waals surface area contributed by atoms with Crippen LogP contribution in [0, 0.1) is 0 Å². The quantitative estimate of drug-likeness (QED) is 0.191. The topological polar surface area (TPSA) is 129 Å². The van der Waals surface area contributed by atoms with E-state index in [0.717, 1.165) is 11.1 Å². The Balaban J connectivity index is 0.00000164. The second-order valence-corrected chi connectivity index (χ2v) is 6.38. The van der Waals surface area contributed by atoms with Crippen molar-refractivity contribution >= 4 is 11.8 Å². The molecule has 0 bridgehead atoms. The molecule has 2 aromatic rings. The van der Waals surface area contributed by atoms with Gasteiger partial charge in [-0.25, -0.2) is 11.7 Å². The van der Waals surface area contributed by atoms with Crippen LogP contribution < -0.4 is 32.0 Å². The number of carbonyl (C=O) groups excluding carboxylic acids is 2. The number of rotatable bonds is 9. The second-order valence-electron chi connectivity index (χ2n) is 6.38. The minimum Gasteiger partial charge on any atom is -0.489 e. The Labute approximate surface area is 201 Å². The number of hydrazine groups is 2. The first-order chi connectivity index (χ1) is 16.4. The Hall–Kier alpha value is -4.14. The van der Waals surface area contributed by atoms with Gasteiger partial charge in [0.25, 0.3) is 11.8 Å². The number of ether oxygens (including phenoxy) is 2. The van der Waals surface area contributed by atoms with Gasteiger partial charge in [-0.05, 0) is 49.2 Å². The van der Waals surface area contributed by atoms with Crippen LogP contribution in [-0.4, -0.2) is 25.0 Å². The third kappa shape index (κ3) is 9.56. The van der Waals surface area contributed by atoms with E-state index in [1.54, 1.807) is 60.7 Å². The zero-order valence-corrected chi connectivity index (χ0v) is 19.8. The molecule has 0 radical (unpaired) electrons. The summed E-state index contributed by atoms with van der Waals surface area (Å²) in [6.45, 7) is 18.1. The Morgan fingerprint density at radius 1 is 0.765 bits per heavy atom. The summed E-state index contributed by atoms with van der Waals surface area (Å²) in [6, 6.07) is 10.1. The fourth-order valence-corrected chi connectivity index (χ4v) is 2.47. The van der Waals surface area contributed by atoms with Gasteiger partial charge in [-0.2, -0.15) is 0 Å². The number of benzene rings is 2. The van der Waals surface area contributed by atoms with E-state index in [4.69, 9.17) is 21.2 Å². The van der Waals surface area contributed by atoms with Crippen molar-refractivity contribution in [3.8, 4) is 22.6 Å². The molecule has 0 saturated heterocycles. The van der Waals surface area contributed by atoms with Crippen LogP contribution in [0.15, 0.2) is 87.0 Å². The Morgan fingerprint density at radius 3 is 1.35 bits per heavy atom. The number of carbonyl (C=O) groups is 2. The van der Waals surface area contributed by atoms with Gasteiger partial charge in [0.05, 0.1) is 11.1 Å². The summed E-state index contributed by atoms with van der Waals surface area (Å²) < 4.78 is 11.2. The molecule has 8 nitrogen and oxygen atoms in total. The number of hydrogen-bond donors (Lipinski definition) is 4. The van der Waals surface area contributed by atoms with E-state index in [9.17, 15) is 9.59 Å². The molecule has 6 N–H and O–H groups in total. The van der Waals surface area contributed by atoms with E-state index in [2.05, 4.69) is 37.2 Å². The van der Waals surface area contributed by atoms with Crippen molar-refractivity contribution in [2.75, 3.05) is 13.2 Å². The molecule has 2 rings (SSSR count). The number of nitrogens with two attached hydrogens (primary N) is 2. The lowest BCUT2D eigenvalue weighted by atomic mass is 10.0. The third-order valence-corrected chi connectivity index (χ3v) is 3.76. The first kappa shape index (κ1) is 29.9. The first-order valence-corrected chi connectivity index (χ1v) is 10.3. The van der Waals surface area contributed by atoms with Crippen molar-refractivity contribution in [2.24, 2.45) is 11.7 Å². The van der Waals surface area contributed by atoms with Gasteiger partial charge in [0.1, 0.15) is 24.7 Å². The summed E-state index contributed by atoms with van der Waals surface area (Å²) in [4.78, 5) is 23.9. The zero-order chi connectivity index (χ0) is 25.9. The number of allylic oxidation sites excluding steroid dienone is 2. The molecule has 0 spiro atoms. The summed E-state index contributed by atoms with van der Waals surface area (Å²) in [5.41, 5.74) is 6.24. The van der Waals surface area contributed by atoms with E-state index in [1.807, 2.05) is 13.8 Å². The lowest BCUT2D eigenvalue weighted by Gasteiger charge is -2.14. The van der Waals surface area contributed by atoms with Crippen LogP contribution in [0.25, 0.3) is 11.1 Å². The first-order valence-electron chi connectivity index (χ1n) is 10.3. The molecule has 0 unspecified atom stereocenters. The molecular formula is C26H34N4O4. The van der Waals surface area contributed by atoms with Gasteiger partial charge < -0.3 is 9.47 Å². The highest BCUT2D eigenvalue weighted by Gasteiger charge is 2.16. The fourth-order valence-electron chi connectivity index (χ4n) is 2.47. The van der Waals surface area contributed by atoms with Crippen molar-refractivity contribution < 1.29 is 19.1 Å². The predicted molar refractivity (Wildman–Crippen MR) is 138 cm³/mol. The second kappa shape index (κ2) is 17.4. The van der Waals surface area contributed by atoms with Crippen LogP contribution in [0.3, 0.4) is 0 Å². The Morgan fingerprint density at radius 2 is 1.09 bits per heavy atom. The Kier molecular flexibility index (Phi) is 15.3. The van der Waals surface area contributed by atoms with Gasteiger partial charge >= 0.3 is 0 Å². The maximum Gasteiger partial charge on any atom is 0.268 e. The normalized spacial score (nSPS) is 8.94. The van der Waals surface area contributed by atoms with Gasteiger partial charge in [-0.15, -0.1) is 13.2 Å². The standard InChI is InChI=1S/C20H22N4O4.2C3H6/c1-3-9-27-17-11-13(5-7-15(17)19(25)23-21)14-6-8-16(20(26)24-22)18(12-14)28-10-4-2;2*1-3-2/h3-8,11-12H,1-2,9-10,21-22H2,(H,23,25)(H,24,26);2*3H,1H2,2H3. The van der Waals surface area contributed by atoms with E-state index in [1.165, 1.54) is 0 Å². The Bertz CT molecular complexity index is 907. The van der Waals surface area contributed by atoms with Gasteiger partial charge in [0, 0.05) is 0 Å². The smallest absolute Gasteiger partial charge is 0.268 e. The minimum absolute atomic E-state index is 0.220. The predicted octanol–water partition coefficient (Wildman–Crippen LogP) is 4.07. The highest BCUT2D eigenvalue weighted by Crippen LogP contribution is 2.31. The fraction of sp³-hybridized carbons (Fsp3) is 0.154. The molecule has 182 valence electrons. The number of nitrogen functional groups attached to an aromatic ring is 2. The van der Waals surface area contributed by atoms with Crippen molar-refractivity contribution in [2.45, 2.75) is 13.8 Å². The minimum atomic E-state index is -0.476.